The fourth-order valence-electron chi connectivity index (χ4n) is 4.80. The second-order valence-electron chi connectivity index (χ2n) is 9.13. The van der Waals surface area contributed by atoms with Gasteiger partial charge in [-0.25, -0.2) is 4.98 Å². The molecule has 0 saturated carbocycles. The summed E-state index contributed by atoms with van der Waals surface area (Å²) in [5, 5.41) is 11.8. The van der Waals surface area contributed by atoms with Gasteiger partial charge in [-0.1, -0.05) is 0 Å². The lowest BCUT2D eigenvalue weighted by atomic mass is 9.89. The summed E-state index contributed by atoms with van der Waals surface area (Å²) in [4.78, 5) is 23.5. The van der Waals surface area contributed by atoms with E-state index in [4.69, 9.17) is 9.47 Å². The van der Waals surface area contributed by atoms with Gasteiger partial charge in [-0.3, -0.25) is 9.78 Å². The van der Waals surface area contributed by atoms with Crippen LogP contribution in [0.2, 0.25) is 0 Å². The number of amides is 1. The second kappa shape index (κ2) is 10.2. The number of nitrogens with one attached hydrogen (secondary N) is 1. The summed E-state index contributed by atoms with van der Waals surface area (Å²) in [5.74, 6) is 1.96. The smallest absolute Gasteiger partial charge is 0.272 e. The maximum atomic E-state index is 12.8. The lowest BCUT2D eigenvalue weighted by Crippen LogP contribution is -2.40. The Balaban J connectivity index is 1.15. The lowest BCUT2D eigenvalue weighted by Gasteiger charge is -2.33. The van der Waals surface area contributed by atoms with E-state index in [2.05, 4.69) is 36.4 Å². The number of ether oxygens (including phenoxy) is 2. The molecule has 9 heteroatoms. The molecule has 182 valence electrons. The molecule has 0 radical (unpaired) electrons. The Morgan fingerprint density at radius 1 is 1.09 bits per heavy atom. The van der Waals surface area contributed by atoms with Crippen molar-refractivity contribution >= 4 is 11.7 Å². The van der Waals surface area contributed by atoms with Crippen LogP contribution >= 0.6 is 0 Å². The van der Waals surface area contributed by atoms with E-state index in [0.29, 0.717) is 11.6 Å². The van der Waals surface area contributed by atoms with Gasteiger partial charge in [0.05, 0.1) is 13.3 Å². The topological polar surface area (TPSA) is 102 Å². The van der Waals surface area contributed by atoms with Crippen molar-refractivity contribution in [3.63, 3.8) is 0 Å². The number of methoxy groups -OCH3 is 1. The first-order chi connectivity index (χ1) is 17.1. The number of hydrogen-bond acceptors (Lipinski definition) is 8. The molecule has 1 unspecified atom stereocenters. The SMILES string of the molecule is COc1ccc(OC2CCN(c3nnc(C(=O)NC4CCc5ccncc5C4)cc3C)CC2)cn1. The molecule has 3 aromatic heterocycles. The van der Waals surface area contributed by atoms with Crippen molar-refractivity contribution < 1.29 is 14.3 Å². The van der Waals surface area contributed by atoms with Crippen LogP contribution in [0.5, 0.6) is 11.6 Å². The Morgan fingerprint density at radius 2 is 1.94 bits per heavy atom. The Labute approximate surface area is 204 Å². The third-order valence-corrected chi connectivity index (χ3v) is 6.72. The van der Waals surface area contributed by atoms with Gasteiger partial charge in [-0.05, 0) is 61.1 Å². The van der Waals surface area contributed by atoms with Crippen molar-refractivity contribution in [1.82, 2.24) is 25.5 Å². The van der Waals surface area contributed by atoms with Crippen LogP contribution in [-0.4, -0.2) is 58.4 Å². The maximum Gasteiger partial charge on any atom is 0.272 e. The van der Waals surface area contributed by atoms with E-state index in [9.17, 15) is 4.79 Å². The van der Waals surface area contributed by atoms with Crippen LogP contribution in [-0.2, 0) is 12.8 Å². The van der Waals surface area contributed by atoms with Crippen LogP contribution in [0.15, 0.2) is 42.9 Å². The zero-order chi connectivity index (χ0) is 24.2. The molecular weight excluding hydrogens is 444 g/mol. The molecule has 1 aliphatic carbocycles. The fourth-order valence-corrected chi connectivity index (χ4v) is 4.80. The first-order valence-corrected chi connectivity index (χ1v) is 12.1. The molecule has 0 aromatic carbocycles. The van der Waals surface area contributed by atoms with Crippen LogP contribution in [0.3, 0.4) is 0 Å². The highest BCUT2D eigenvalue weighted by Crippen LogP contribution is 2.25. The van der Waals surface area contributed by atoms with Gasteiger partial charge >= 0.3 is 0 Å². The van der Waals surface area contributed by atoms with E-state index in [1.165, 1.54) is 11.1 Å². The molecule has 0 spiro atoms. The van der Waals surface area contributed by atoms with Gasteiger partial charge < -0.3 is 19.7 Å². The van der Waals surface area contributed by atoms with E-state index in [1.54, 1.807) is 19.4 Å². The summed E-state index contributed by atoms with van der Waals surface area (Å²) in [6.45, 7) is 3.60. The number of nitrogens with zero attached hydrogens (tertiary/aromatic N) is 5. The lowest BCUT2D eigenvalue weighted by molar-refractivity contribution is 0.0927. The van der Waals surface area contributed by atoms with Gasteiger partial charge in [0.1, 0.15) is 11.9 Å². The van der Waals surface area contributed by atoms with Crippen molar-refractivity contribution in [2.75, 3.05) is 25.1 Å². The summed E-state index contributed by atoms with van der Waals surface area (Å²) >= 11 is 0. The zero-order valence-electron chi connectivity index (χ0n) is 20.1. The number of aromatic nitrogens is 4. The number of hydrogen-bond donors (Lipinski definition) is 1. The summed E-state index contributed by atoms with van der Waals surface area (Å²) in [6, 6.07) is 7.65. The minimum atomic E-state index is -0.176. The molecule has 1 aliphatic heterocycles. The van der Waals surface area contributed by atoms with Gasteiger partial charge in [0.15, 0.2) is 11.5 Å². The monoisotopic (exact) mass is 474 g/mol. The Morgan fingerprint density at radius 3 is 2.69 bits per heavy atom. The fraction of sp³-hybridized carbons (Fsp3) is 0.423. The molecule has 1 N–H and O–H groups in total. The quantitative estimate of drug-likeness (QED) is 0.582. The molecule has 1 atom stereocenters. The van der Waals surface area contributed by atoms with Gasteiger partial charge in [0, 0.05) is 50.4 Å². The maximum absolute atomic E-state index is 12.8. The number of anilines is 1. The number of pyridine rings is 2. The van der Waals surface area contributed by atoms with E-state index in [-0.39, 0.29) is 18.1 Å². The summed E-state index contributed by atoms with van der Waals surface area (Å²) in [7, 11) is 1.59. The highest BCUT2D eigenvalue weighted by atomic mass is 16.5. The molecule has 1 fully saturated rings. The number of carbonyl (C=O) groups is 1. The zero-order valence-corrected chi connectivity index (χ0v) is 20.1. The number of aryl methyl sites for hydroxylation is 2. The molecular formula is C26H30N6O3. The highest BCUT2D eigenvalue weighted by molar-refractivity contribution is 5.92. The Bertz CT molecular complexity index is 1180. The standard InChI is InChI=1S/C26H30N6O3/c1-17-13-23(26(33)29-20-4-3-18-7-10-27-15-19(18)14-20)30-31-25(17)32-11-8-21(9-12-32)35-22-5-6-24(34-2)28-16-22/h5-7,10,13,15-16,20-21H,3-4,8-9,11-12,14H2,1-2H3,(H,29,33). The second-order valence-corrected chi connectivity index (χ2v) is 9.13. The van der Waals surface area contributed by atoms with Gasteiger partial charge in [0.2, 0.25) is 5.88 Å². The molecule has 3 aromatic rings. The number of fused-ring (bicyclic) bond motifs is 1. The largest absolute Gasteiger partial charge is 0.489 e. The molecule has 2 aliphatic rings. The van der Waals surface area contributed by atoms with Crippen molar-refractivity contribution in [3.05, 3.63) is 65.2 Å². The van der Waals surface area contributed by atoms with Crippen molar-refractivity contribution in [2.24, 2.45) is 0 Å². The summed E-state index contributed by atoms with van der Waals surface area (Å²) < 4.78 is 11.2. The van der Waals surface area contributed by atoms with Crippen molar-refractivity contribution in [1.29, 1.82) is 0 Å². The molecule has 5 rings (SSSR count). The van der Waals surface area contributed by atoms with Crippen molar-refractivity contribution in [2.45, 2.75) is 51.2 Å². The van der Waals surface area contributed by atoms with Crippen LogP contribution in [0, 0.1) is 6.92 Å². The Kier molecular flexibility index (Phi) is 6.74. The molecule has 35 heavy (non-hydrogen) atoms. The predicted octanol–water partition coefficient (Wildman–Crippen LogP) is 2.92. The molecule has 0 bridgehead atoms. The van der Waals surface area contributed by atoms with Crippen LogP contribution in [0.25, 0.3) is 0 Å². The van der Waals surface area contributed by atoms with Crippen LogP contribution < -0.4 is 19.7 Å². The minimum absolute atomic E-state index is 0.0842. The van der Waals surface area contributed by atoms with Gasteiger partial charge in [-0.15, -0.1) is 10.2 Å². The summed E-state index contributed by atoms with van der Waals surface area (Å²) in [6.07, 6.45) is 9.92. The van der Waals surface area contributed by atoms with E-state index in [0.717, 1.165) is 62.3 Å². The van der Waals surface area contributed by atoms with E-state index < -0.39 is 0 Å². The normalized spacial score (nSPS) is 18.0. The average Bonchev–Trinajstić information content (AvgIpc) is 2.89. The summed E-state index contributed by atoms with van der Waals surface area (Å²) in [5.41, 5.74) is 3.83. The average molecular weight is 475 g/mol. The number of rotatable bonds is 6. The third kappa shape index (κ3) is 5.34. The third-order valence-electron chi connectivity index (χ3n) is 6.72. The number of piperidine rings is 1. The van der Waals surface area contributed by atoms with Crippen molar-refractivity contribution in [3.8, 4) is 11.6 Å². The van der Waals surface area contributed by atoms with Crippen LogP contribution in [0.1, 0.15) is 46.4 Å². The Hall–Kier alpha value is -3.75. The molecule has 9 nitrogen and oxygen atoms in total. The first-order valence-electron chi connectivity index (χ1n) is 12.1. The van der Waals surface area contributed by atoms with E-state index >= 15 is 0 Å². The molecule has 1 saturated heterocycles. The highest BCUT2D eigenvalue weighted by Gasteiger charge is 2.25. The number of carbonyl (C=O) groups excluding carboxylic acids is 1. The molecule has 1 amide bonds. The minimum Gasteiger partial charge on any atom is -0.489 e. The van der Waals surface area contributed by atoms with Gasteiger partial charge in [0.25, 0.3) is 5.91 Å². The molecule has 4 heterocycles. The van der Waals surface area contributed by atoms with Gasteiger partial charge in [-0.2, -0.15) is 0 Å². The van der Waals surface area contributed by atoms with E-state index in [1.807, 2.05) is 31.5 Å². The predicted molar refractivity (Wildman–Crippen MR) is 131 cm³/mol. The first kappa shape index (κ1) is 23.0. The van der Waals surface area contributed by atoms with Crippen LogP contribution in [0.4, 0.5) is 5.82 Å².